The van der Waals surface area contributed by atoms with Gasteiger partial charge in [-0.15, -0.1) is 24.0 Å². The van der Waals surface area contributed by atoms with Gasteiger partial charge in [-0.05, 0) is 35.6 Å². The molecule has 1 aliphatic heterocycles. The van der Waals surface area contributed by atoms with Crippen molar-refractivity contribution in [3.63, 3.8) is 0 Å². The Balaban J connectivity index is 0.00000280. The quantitative estimate of drug-likeness (QED) is 0.358. The Labute approximate surface area is 182 Å². The first-order valence-corrected chi connectivity index (χ1v) is 9.60. The van der Waals surface area contributed by atoms with Crippen LogP contribution in [0, 0.1) is 0 Å². The fraction of sp³-hybridized carbons (Fsp3) is 0.476. The molecule has 3 rings (SSSR count). The normalized spacial score (nSPS) is 16.2. The van der Waals surface area contributed by atoms with Gasteiger partial charge in [0, 0.05) is 32.7 Å². The lowest BCUT2D eigenvalue weighted by Crippen LogP contribution is -2.49. The summed E-state index contributed by atoms with van der Waals surface area (Å²) in [7, 11) is 1.76. The lowest BCUT2D eigenvalue weighted by molar-refractivity contribution is 0.0744. The van der Waals surface area contributed by atoms with E-state index >= 15 is 0 Å². The summed E-state index contributed by atoms with van der Waals surface area (Å²) in [6, 6.07) is 15.1. The first kappa shape index (κ1) is 22.8. The van der Waals surface area contributed by atoms with Crippen LogP contribution < -0.4 is 10.6 Å². The highest BCUT2D eigenvalue weighted by molar-refractivity contribution is 14.0. The van der Waals surface area contributed by atoms with Crippen LogP contribution in [0.4, 0.5) is 8.78 Å². The zero-order chi connectivity index (χ0) is 19.1. The molecule has 1 aliphatic rings. The van der Waals surface area contributed by atoms with E-state index in [9.17, 15) is 8.78 Å². The number of hydrogen-bond acceptors (Lipinski definition) is 2. The van der Waals surface area contributed by atoms with Crippen LogP contribution in [0.25, 0.3) is 10.8 Å². The van der Waals surface area contributed by atoms with E-state index in [1.807, 2.05) is 4.90 Å². The van der Waals surface area contributed by atoms with Gasteiger partial charge in [0.05, 0.1) is 6.54 Å². The van der Waals surface area contributed by atoms with Crippen molar-refractivity contribution in [2.75, 3.05) is 33.2 Å². The summed E-state index contributed by atoms with van der Waals surface area (Å²) in [5.41, 5.74) is 1.32. The molecular weight excluding hydrogens is 473 g/mol. The van der Waals surface area contributed by atoms with E-state index in [-0.39, 0.29) is 36.6 Å². The van der Waals surface area contributed by atoms with Crippen molar-refractivity contribution < 1.29 is 8.78 Å². The lowest BCUT2D eigenvalue weighted by atomic mass is 10.0. The number of aliphatic imine (C=N–C) groups is 1. The molecule has 0 unspecified atom stereocenters. The third-order valence-corrected chi connectivity index (χ3v) is 5.11. The van der Waals surface area contributed by atoms with Gasteiger partial charge in [0.2, 0.25) is 0 Å². The molecule has 0 amide bonds. The van der Waals surface area contributed by atoms with Crippen molar-refractivity contribution in [2.45, 2.75) is 31.7 Å². The summed E-state index contributed by atoms with van der Waals surface area (Å²) < 4.78 is 24.9. The molecule has 0 radical (unpaired) electrons. The Morgan fingerprint density at radius 1 is 1.14 bits per heavy atom. The Morgan fingerprint density at radius 2 is 1.86 bits per heavy atom. The van der Waals surface area contributed by atoms with Gasteiger partial charge in [0.15, 0.2) is 5.96 Å². The predicted molar refractivity (Wildman–Crippen MR) is 123 cm³/mol. The molecule has 7 heteroatoms. The molecule has 2 aromatic carbocycles. The van der Waals surface area contributed by atoms with Gasteiger partial charge in [-0.2, -0.15) is 0 Å². The molecule has 28 heavy (non-hydrogen) atoms. The van der Waals surface area contributed by atoms with E-state index < -0.39 is 6.43 Å². The number of alkyl halides is 2. The summed E-state index contributed by atoms with van der Waals surface area (Å²) in [5, 5.41) is 9.35. The maximum absolute atomic E-state index is 12.5. The predicted octanol–water partition coefficient (Wildman–Crippen LogP) is 3.89. The Hall–Kier alpha value is -1.48. The Morgan fingerprint density at radius 3 is 2.57 bits per heavy atom. The van der Waals surface area contributed by atoms with Gasteiger partial charge < -0.3 is 10.6 Å². The number of nitrogens with one attached hydrogen (secondary N) is 2. The first-order valence-electron chi connectivity index (χ1n) is 9.60. The third-order valence-electron chi connectivity index (χ3n) is 5.11. The first-order chi connectivity index (χ1) is 13.2. The minimum Gasteiger partial charge on any atom is -0.356 e. The molecule has 0 aliphatic carbocycles. The lowest BCUT2D eigenvalue weighted by Gasteiger charge is -2.32. The number of guanidine groups is 1. The SMILES string of the molecule is CN=C(NCCc1cccc2ccccc12)NC1CCN(CC(F)F)CC1.I. The highest BCUT2D eigenvalue weighted by atomic mass is 127. The van der Waals surface area contributed by atoms with Crippen LogP contribution in [-0.2, 0) is 6.42 Å². The van der Waals surface area contributed by atoms with Gasteiger partial charge in [-0.3, -0.25) is 9.89 Å². The molecule has 0 atom stereocenters. The summed E-state index contributed by atoms with van der Waals surface area (Å²) in [6.07, 6.45) is 0.376. The van der Waals surface area contributed by atoms with E-state index in [4.69, 9.17) is 0 Å². The fourth-order valence-electron chi connectivity index (χ4n) is 3.67. The third kappa shape index (κ3) is 6.55. The number of halogens is 3. The number of rotatable bonds is 6. The number of nitrogens with zero attached hydrogens (tertiary/aromatic N) is 2. The van der Waals surface area contributed by atoms with Crippen LogP contribution in [0.5, 0.6) is 0 Å². The van der Waals surface area contributed by atoms with Crippen LogP contribution in [0.15, 0.2) is 47.5 Å². The highest BCUT2D eigenvalue weighted by Crippen LogP contribution is 2.18. The number of benzene rings is 2. The summed E-state index contributed by atoms with van der Waals surface area (Å²) >= 11 is 0. The van der Waals surface area contributed by atoms with E-state index in [0.29, 0.717) is 13.1 Å². The van der Waals surface area contributed by atoms with Crippen molar-refractivity contribution in [1.82, 2.24) is 15.5 Å². The second-order valence-corrected chi connectivity index (χ2v) is 7.00. The molecule has 2 N–H and O–H groups in total. The van der Waals surface area contributed by atoms with Crippen molar-refractivity contribution >= 4 is 40.7 Å². The van der Waals surface area contributed by atoms with Crippen molar-refractivity contribution in [2.24, 2.45) is 4.99 Å². The van der Waals surface area contributed by atoms with Crippen LogP contribution in [0.2, 0.25) is 0 Å². The van der Waals surface area contributed by atoms with E-state index in [1.54, 1.807) is 7.05 Å². The Bertz CT molecular complexity index is 756. The molecular formula is C21H29F2IN4. The van der Waals surface area contributed by atoms with Crippen molar-refractivity contribution in [3.05, 3.63) is 48.0 Å². The average molecular weight is 502 g/mol. The van der Waals surface area contributed by atoms with Gasteiger partial charge >= 0.3 is 0 Å². The summed E-state index contributed by atoms with van der Waals surface area (Å²) in [6.45, 7) is 2.08. The van der Waals surface area contributed by atoms with Gasteiger partial charge in [0.1, 0.15) is 0 Å². The molecule has 1 heterocycles. The summed E-state index contributed by atoms with van der Waals surface area (Å²) in [4.78, 5) is 6.14. The standard InChI is InChI=1S/C21H28F2N4.HI/c1-24-21(26-18-10-13-27(14-11-18)15-20(22)23)25-12-9-17-7-4-6-16-5-2-3-8-19(16)17;/h2-8,18,20H,9-15H2,1H3,(H2,24,25,26);1H. The molecule has 0 bridgehead atoms. The van der Waals surface area contributed by atoms with E-state index in [0.717, 1.165) is 31.8 Å². The zero-order valence-electron chi connectivity index (χ0n) is 16.2. The minimum absolute atomic E-state index is 0. The maximum atomic E-state index is 12.5. The number of fused-ring (bicyclic) bond motifs is 1. The maximum Gasteiger partial charge on any atom is 0.251 e. The fourth-order valence-corrected chi connectivity index (χ4v) is 3.67. The van der Waals surface area contributed by atoms with Crippen molar-refractivity contribution in [3.8, 4) is 0 Å². The van der Waals surface area contributed by atoms with E-state index in [2.05, 4.69) is 58.1 Å². The van der Waals surface area contributed by atoms with Crippen LogP contribution in [-0.4, -0.2) is 56.6 Å². The number of hydrogen-bond donors (Lipinski definition) is 2. The summed E-state index contributed by atoms with van der Waals surface area (Å²) in [5.74, 6) is 0.780. The molecule has 154 valence electrons. The van der Waals surface area contributed by atoms with Crippen LogP contribution in [0.1, 0.15) is 18.4 Å². The van der Waals surface area contributed by atoms with Gasteiger partial charge in [-0.1, -0.05) is 42.5 Å². The molecule has 0 aromatic heterocycles. The van der Waals surface area contributed by atoms with Crippen LogP contribution in [0.3, 0.4) is 0 Å². The largest absolute Gasteiger partial charge is 0.356 e. The molecule has 1 saturated heterocycles. The minimum atomic E-state index is -2.25. The molecule has 2 aromatic rings. The monoisotopic (exact) mass is 502 g/mol. The topological polar surface area (TPSA) is 39.7 Å². The van der Waals surface area contributed by atoms with E-state index in [1.165, 1.54) is 16.3 Å². The number of likely N-dealkylation sites (tertiary alicyclic amines) is 1. The van der Waals surface area contributed by atoms with Gasteiger partial charge in [-0.25, -0.2) is 8.78 Å². The second kappa shape index (κ2) is 11.5. The molecule has 0 saturated carbocycles. The van der Waals surface area contributed by atoms with Gasteiger partial charge in [0.25, 0.3) is 6.43 Å². The van der Waals surface area contributed by atoms with Crippen LogP contribution >= 0.6 is 24.0 Å². The second-order valence-electron chi connectivity index (χ2n) is 7.00. The highest BCUT2D eigenvalue weighted by Gasteiger charge is 2.21. The zero-order valence-corrected chi connectivity index (χ0v) is 18.5. The smallest absolute Gasteiger partial charge is 0.251 e. The molecule has 0 spiro atoms. The van der Waals surface area contributed by atoms with Crippen molar-refractivity contribution in [1.29, 1.82) is 0 Å². The average Bonchev–Trinajstić information content (AvgIpc) is 2.68. The molecule has 1 fully saturated rings. The molecule has 4 nitrogen and oxygen atoms in total. The Kier molecular flexibility index (Phi) is 9.37. The number of piperidine rings is 1.